The zero-order chi connectivity index (χ0) is 6.24. The Morgan fingerprint density at radius 2 is 2.38 bits per heavy atom. The van der Waals surface area contributed by atoms with E-state index in [4.69, 9.17) is 0 Å². The van der Waals surface area contributed by atoms with Crippen molar-refractivity contribution in [3.8, 4) is 0 Å². The molecule has 0 saturated heterocycles. The molecule has 0 bridgehead atoms. The van der Waals surface area contributed by atoms with E-state index in [0.29, 0.717) is 0 Å². The van der Waals surface area contributed by atoms with Gasteiger partial charge in [0.15, 0.2) is 0 Å². The second-order valence-corrected chi connectivity index (χ2v) is 1.48. The number of nitrogens with one attached hydrogen (secondary N) is 2. The number of hydrogen-bond acceptors (Lipinski definition) is 3. The van der Waals surface area contributed by atoms with E-state index in [1.165, 1.54) is 0 Å². The lowest BCUT2D eigenvalue weighted by Gasteiger charge is -1.95. The van der Waals surface area contributed by atoms with Gasteiger partial charge in [-0.25, -0.2) is 11.0 Å². The summed E-state index contributed by atoms with van der Waals surface area (Å²) in [5.74, 6) is 0. The van der Waals surface area contributed by atoms with Crippen LogP contribution in [0.3, 0.4) is 0 Å². The summed E-state index contributed by atoms with van der Waals surface area (Å²) in [5.41, 5.74) is 4.71. The van der Waals surface area contributed by atoms with Crippen LogP contribution in [-0.2, 0) is 0 Å². The molecule has 0 atom stereocenters. The van der Waals surface area contributed by atoms with E-state index < -0.39 is 0 Å². The summed E-state index contributed by atoms with van der Waals surface area (Å²) in [6, 6.07) is 0. The van der Waals surface area contributed by atoms with Crippen molar-refractivity contribution in [1.29, 1.82) is 0 Å². The predicted molar refractivity (Wildman–Crippen MR) is 31.8 cm³/mol. The first kappa shape index (κ1) is 7.36. The first-order valence-electron chi connectivity index (χ1n) is 2.72. The maximum Gasteiger partial charge on any atom is 0.0656 e. The number of nitroso groups, excluding NO2 is 1. The first-order valence-corrected chi connectivity index (χ1v) is 2.72. The lowest BCUT2D eigenvalue weighted by atomic mass is 10.3. The maximum absolute atomic E-state index is 9.34. The van der Waals surface area contributed by atoms with Gasteiger partial charge in [0.05, 0.1) is 5.29 Å². The fourth-order valence-electron chi connectivity index (χ4n) is 0.353. The largest absolute Gasteiger partial charge is 0.218 e. The third kappa shape index (κ3) is 5.36. The molecule has 0 aromatic heterocycles. The second-order valence-electron chi connectivity index (χ2n) is 1.48. The summed E-state index contributed by atoms with van der Waals surface area (Å²) in [5, 5.41) is 2.40. The molecule has 0 radical (unpaired) electrons. The summed E-state index contributed by atoms with van der Waals surface area (Å²) in [6.07, 6.45) is 2.18. The van der Waals surface area contributed by atoms with Gasteiger partial charge in [-0.15, -0.1) is 4.91 Å². The number of hydrazine groups is 1. The Kier molecular flexibility index (Phi) is 5.85. The van der Waals surface area contributed by atoms with Crippen molar-refractivity contribution >= 4 is 0 Å². The molecule has 0 saturated carbocycles. The van der Waals surface area contributed by atoms with Crippen LogP contribution in [0.4, 0.5) is 0 Å². The van der Waals surface area contributed by atoms with E-state index in [-0.39, 0.29) is 0 Å². The molecule has 0 spiro atoms. The second kappa shape index (κ2) is 6.36. The van der Waals surface area contributed by atoms with E-state index >= 15 is 0 Å². The molecule has 0 fully saturated rings. The minimum atomic E-state index is 0.794. The summed E-state index contributed by atoms with van der Waals surface area (Å²) < 4.78 is 0. The molecular formula is C4H11N3O. The minimum Gasteiger partial charge on any atom is -0.218 e. The minimum absolute atomic E-state index is 0.794. The molecular weight excluding hydrogens is 106 g/mol. The van der Waals surface area contributed by atoms with Gasteiger partial charge < -0.3 is 0 Å². The smallest absolute Gasteiger partial charge is 0.0656 e. The summed E-state index contributed by atoms with van der Waals surface area (Å²) in [6.45, 7) is 2.87. The predicted octanol–water partition coefficient (Wildman–Crippen LogP) is 0.562. The highest BCUT2D eigenvalue weighted by Crippen LogP contribution is 1.79. The highest BCUT2D eigenvalue weighted by Gasteiger charge is 1.79. The SMILES string of the molecule is CCCCNNN=O. The van der Waals surface area contributed by atoms with Crippen molar-refractivity contribution in [1.82, 2.24) is 11.0 Å². The number of unbranched alkanes of at least 4 members (excludes halogenated alkanes) is 1. The molecule has 2 N–H and O–H groups in total. The van der Waals surface area contributed by atoms with Gasteiger partial charge in [0.25, 0.3) is 0 Å². The van der Waals surface area contributed by atoms with Crippen molar-refractivity contribution < 1.29 is 0 Å². The molecule has 0 aromatic carbocycles. The van der Waals surface area contributed by atoms with Crippen LogP contribution in [-0.4, -0.2) is 6.54 Å². The molecule has 0 aliphatic carbocycles. The molecule has 4 nitrogen and oxygen atoms in total. The van der Waals surface area contributed by atoms with Crippen molar-refractivity contribution in [3.63, 3.8) is 0 Å². The summed E-state index contributed by atoms with van der Waals surface area (Å²) >= 11 is 0. The average molecular weight is 117 g/mol. The van der Waals surface area contributed by atoms with Crippen LogP contribution >= 0.6 is 0 Å². The number of nitrogens with zero attached hydrogens (tertiary/aromatic N) is 1. The van der Waals surface area contributed by atoms with Crippen LogP contribution in [0.5, 0.6) is 0 Å². The van der Waals surface area contributed by atoms with Gasteiger partial charge in [-0.1, -0.05) is 13.3 Å². The zero-order valence-electron chi connectivity index (χ0n) is 4.98. The van der Waals surface area contributed by atoms with E-state index in [1.807, 2.05) is 0 Å². The Balaban J connectivity index is 2.62. The normalized spacial score (nSPS) is 8.62. The highest BCUT2D eigenvalue weighted by atomic mass is 16.3. The highest BCUT2D eigenvalue weighted by molar-refractivity contribution is 4.35. The molecule has 8 heavy (non-hydrogen) atoms. The standard InChI is InChI=1S/C4H11N3O/c1-2-3-4-5-6-7-8/h2-4H2,1H3,(H,5,7)(H,6,8). The molecule has 0 amide bonds. The van der Waals surface area contributed by atoms with Gasteiger partial charge in [0, 0.05) is 6.54 Å². The average Bonchev–Trinajstić information content (AvgIpc) is 1.81. The van der Waals surface area contributed by atoms with Gasteiger partial charge in [-0.2, -0.15) is 0 Å². The van der Waals surface area contributed by atoms with Crippen LogP contribution in [0.25, 0.3) is 0 Å². The molecule has 0 unspecified atom stereocenters. The van der Waals surface area contributed by atoms with Crippen molar-refractivity contribution in [3.05, 3.63) is 4.91 Å². The monoisotopic (exact) mass is 117 g/mol. The fourth-order valence-corrected chi connectivity index (χ4v) is 0.353. The van der Waals surface area contributed by atoms with E-state index in [2.05, 4.69) is 23.2 Å². The molecule has 4 heteroatoms. The lowest BCUT2D eigenvalue weighted by molar-refractivity contribution is 0.534. The third-order valence-electron chi connectivity index (χ3n) is 0.780. The topological polar surface area (TPSA) is 53.5 Å². The van der Waals surface area contributed by atoms with Gasteiger partial charge in [0.1, 0.15) is 0 Å². The molecule has 0 heterocycles. The first-order chi connectivity index (χ1) is 3.91. The Morgan fingerprint density at radius 3 is 2.88 bits per heavy atom. The Morgan fingerprint density at radius 1 is 1.62 bits per heavy atom. The quantitative estimate of drug-likeness (QED) is 0.314. The maximum atomic E-state index is 9.34. The third-order valence-corrected chi connectivity index (χ3v) is 0.780. The van der Waals surface area contributed by atoms with Gasteiger partial charge in [0.2, 0.25) is 0 Å². The van der Waals surface area contributed by atoms with Crippen molar-refractivity contribution in [2.24, 2.45) is 5.29 Å². The van der Waals surface area contributed by atoms with Crippen LogP contribution in [0.2, 0.25) is 0 Å². The molecule has 0 aliphatic rings. The molecule has 0 rings (SSSR count). The zero-order valence-corrected chi connectivity index (χ0v) is 4.98. The van der Waals surface area contributed by atoms with E-state index in [9.17, 15) is 4.91 Å². The van der Waals surface area contributed by atoms with Crippen LogP contribution in [0.1, 0.15) is 19.8 Å². The number of rotatable bonds is 5. The Bertz CT molecular complexity index is 57.2. The van der Waals surface area contributed by atoms with Crippen molar-refractivity contribution in [2.45, 2.75) is 19.8 Å². The van der Waals surface area contributed by atoms with Gasteiger partial charge in [-0.3, -0.25) is 0 Å². The summed E-state index contributed by atoms with van der Waals surface area (Å²) in [4.78, 5) is 9.34. The van der Waals surface area contributed by atoms with Gasteiger partial charge in [-0.05, 0) is 6.42 Å². The number of hydrogen-bond donors (Lipinski definition) is 2. The van der Waals surface area contributed by atoms with Crippen LogP contribution < -0.4 is 11.0 Å². The van der Waals surface area contributed by atoms with Crippen LogP contribution in [0, 0.1) is 4.91 Å². The van der Waals surface area contributed by atoms with Crippen molar-refractivity contribution in [2.75, 3.05) is 6.54 Å². The molecule has 0 aromatic rings. The lowest BCUT2D eigenvalue weighted by Crippen LogP contribution is -2.26. The van der Waals surface area contributed by atoms with E-state index in [0.717, 1.165) is 19.4 Å². The molecule has 48 valence electrons. The van der Waals surface area contributed by atoms with E-state index in [1.54, 1.807) is 0 Å². The van der Waals surface area contributed by atoms with Gasteiger partial charge >= 0.3 is 0 Å². The molecule has 0 aliphatic heterocycles. The van der Waals surface area contributed by atoms with Crippen LogP contribution in [0.15, 0.2) is 5.29 Å². The Labute approximate surface area is 48.6 Å². The Hall–Kier alpha value is -0.640. The summed E-state index contributed by atoms with van der Waals surface area (Å²) in [7, 11) is 0. The fraction of sp³-hybridized carbons (Fsp3) is 1.00.